The fraction of sp³-hybridized carbons (Fsp3) is 0. The molecule has 0 saturated heterocycles. The van der Waals surface area contributed by atoms with Gasteiger partial charge in [-0.3, -0.25) is 0 Å². The van der Waals surface area contributed by atoms with Gasteiger partial charge in [-0.15, -0.1) is 8.80 Å². The van der Waals surface area contributed by atoms with Gasteiger partial charge < -0.3 is 0 Å². The minimum absolute atomic E-state index is 0.456. The Bertz CT molecular complexity index is 1010. The van der Waals surface area contributed by atoms with Crippen LogP contribution in [0.2, 0.25) is 0 Å². The lowest BCUT2D eigenvalue weighted by atomic mass is 10.3. The minimum Gasteiger partial charge on any atom is -0.210 e. The molecule has 0 amide bonds. The number of hydrogen-bond donors (Lipinski definition) is 0. The van der Waals surface area contributed by atoms with Crippen molar-refractivity contribution in [3.63, 3.8) is 0 Å². The van der Waals surface area contributed by atoms with Gasteiger partial charge in [0.25, 0.3) is 0 Å². The van der Waals surface area contributed by atoms with Gasteiger partial charge in [0.15, 0.2) is 0 Å². The van der Waals surface area contributed by atoms with E-state index in [2.05, 4.69) is 130 Å². The first-order valence-corrected chi connectivity index (χ1v) is 12.3. The van der Waals surface area contributed by atoms with E-state index in [1.165, 1.54) is 33.4 Å². The molecule has 4 nitrogen and oxygen atoms in total. The number of benzene rings is 4. The molecule has 0 saturated carbocycles. The maximum absolute atomic E-state index is 9.18. The normalized spacial score (nSPS) is 10.0. The topological polar surface area (TPSA) is 58.9 Å². The Morgan fingerprint density at radius 3 is 0.938 bits per heavy atom. The molecule has 0 atom stereocenters. The Morgan fingerprint density at radius 1 is 0.469 bits per heavy atom. The maximum Gasteiger partial charge on any atom is 0.249 e. The van der Waals surface area contributed by atoms with Crippen LogP contribution in [0.1, 0.15) is 0 Å². The Kier molecular flexibility index (Phi) is 8.89. The quantitative estimate of drug-likeness (QED) is 0.186. The molecule has 156 valence electrons. The number of rotatable bonds is 6. The average Bonchev–Trinajstić information content (AvgIpc) is 2.88. The first-order valence-electron chi connectivity index (χ1n) is 9.76. The van der Waals surface area contributed by atoms with E-state index >= 15 is 0 Å². The van der Waals surface area contributed by atoms with Crippen molar-refractivity contribution in [3.8, 4) is 0 Å². The molecule has 0 aliphatic carbocycles. The molecule has 0 fully saturated rings. The summed E-state index contributed by atoms with van der Waals surface area (Å²) >= 11 is 0.456. The van der Waals surface area contributed by atoms with Crippen LogP contribution in [0, 0.1) is 0 Å². The molecular weight excluding hydrogens is 435 g/mol. The van der Waals surface area contributed by atoms with Crippen LogP contribution in [0.5, 0.6) is 0 Å². The van der Waals surface area contributed by atoms with Gasteiger partial charge in [-0.1, -0.05) is 72.8 Å². The zero-order chi connectivity index (χ0) is 22.5. The van der Waals surface area contributed by atoms with E-state index in [1.54, 1.807) is 0 Å². The lowest BCUT2D eigenvalue weighted by Crippen LogP contribution is -2.38. The first-order chi connectivity index (χ1) is 15.8. The van der Waals surface area contributed by atoms with Crippen LogP contribution in [-0.2, 0) is 9.59 Å². The summed E-state index contributed by atoms with van der Waals surface area (Å²) < 4.78 is 5.69. The molecule has 0 heterocycles. The highest BCUT2D eigenvalue weighted by Gasteiger charge is 2.47. The summed E-state index contributed by atoms with van der Waals surface area (Å²) in [6, 6.07) is 43.8. The second-order valence-corrected chi connectivity index (χ2v) is 10.4. The van der Waals surface area contributed by atoms with Gasteiger partial charge in [0.1, 0.15) is 40.6 Å². The SMILES string of the molecule is O=C=NSN=C=O.c1ccc([P+](c2ccccc2)(c2ccccc2)c2ccccc2)cc1. The zero-order valence-electron chi connectivity index (χ0n) is 17.1. The number of carbonyl (C=O) groups excluding carboxylic acids is 2. The maximum atomic E-state index is 9.18. The lowest BCUT2D eigenvalue weighted by molar-refractivity contribution is 0.566. The van der Waals surface area contributed by atoms with Crippen molar-refractivity contribution in [2.24, 2.45) is 8.80 Å². The van der Waals surface area contributed by atoms with E-state index in [4.69, 9.17) is 0 Å². The van der Waals surface area contributed by atoms with Crippen LogP contribution in [-0.4, -0.2) is 12.2 Å². The predicted octanol–water partition coefficient (Wildman–Crippen LogP) is 4.53. The monoisotopic (exact) mass is 455 g/mol. The molecule has 4 aromatic rings. The summed E-state index contributed by atoms with van der Waals surface area (Å²) in [5.74, 6) is 0. The van der Waals surface area contributed by atoms with Crippen LogP contribution >= 0.6 is 19.4 Å². The standard InChI is InChI=1S/C24H20P.C2N2O2S/c1-5-13-21(14-6-1)25(22-15-7-2-8-16-22,23-17-9-3-10-18-23)24-19-11-4-12-20-24;5-1-3-7-4-2-6/h1-20H;/q+1;. The largest absolute Gasteiger partial charge is 0.249 e. The summed E-state index contributed by atoms with van der Waals surface area (Å²) in [6.45, 7) is 0. The van der Waals surface area contributed by atoms with Crippen molar-refractivity contribution < 1.29 is 9.59 Å². The molecule has 0 N–H and O–H groups in total. The van der Waals surface area contributed by atoms with Gasteiger partial charge in [0.05, 0.1) is 0 Å². The van der Waals surface area contributed by atoms with Gasteiger partial charge in [0, 0.05) is 0 Å². The van der Waals surface area contributed by atoms with Crippen molar-refractivity contribution in [2.75, 3.05) is 0 Å². The van der Waals surface area contributed by atoms with Crippen LogP contribution in [0.25, 0.3) is 0 Å². The van der Waals surface area contributed by atoms with E-state index in [-0.39, 0.29) is 0 Å². The van der Waals surface area contributed by atoms with Crippen molar-refractivity contribution in [3.05, 3.63) is 121 Å². The second kappa shape index (κ2) is 12.3. The van der Waals surface area contributed by atoms with Crippen molar-refractivity contribution in [1.29, 1.82) is 0 Å². The van der Waals surface area contributed by atoms with E-state index < -0.39 is 7.26 Å². The molecule has 6 heteroatoms. The molecule has 0 aromatic heterocycles. The van der Waals surface area contributed by atoms with E-state index in [0.29, 0.717) is 12.1 Å². The average molecular weight is 455 g/mol. The molecule has 0 spiro atoms. The Hall–Kier alpha value is -3.58. The first kappa shape index (κ1) is 23.1. The molecular formula is C26H20N2O2PS+. The third-order valence-electron chi connectivity index (χ3n) is 4.73. The molecule has 0 radical (unpaired) electrons. The smallest absolute Gasteiger partial charge is 0.210 e. The fourth-order valence-electron chi connectivity index (χ4n) is 3.55. The third kappa shape index (κ3) is 5.36. The highest BCUT2D eigenvalue weighted by Crippen LogP contribution is 2.53. The van der Waals surface area contributed by atoms with Gasteiger partial charge in [-0.2, -0.15) is 0 Å². The zero-order valence-corrected chi connectivity index (χ0v) is 18.8. The lowest BCUT2D eigenvalue weighted by Gasteiger charge is -2.27. The van der Waals surface area contributed by atoms with Crippen molar-refractivity contribution in [2.45, 2.75) is 0 Å². The third-order valence-corrected chi connectivity index (χ3v) is 9.33. The van der Waals surface area contributed by atoms with E-state index in [0.717, 1.165) is 0 Å². The van der Waals surface area contributed by atoms with Crippen LogP contribution in [0.3, 0.4) is 0 Å². The number of nitrogens with zero attached hydrogens (tertiary/aromatic N) is 2. The summed E-state index contributed by atoms with van der Waals surface area (Å²) in [4.78, 5) is 18.4. The van der Waals surface area contributed by atoms with Gasteiger partial charge in [-0.05, 0) is 48.5 Å². The molecule has 0 bridgehead atoms. The molecule has 4 rings (SSSR count). The highest BCUT2D eigenvalue weighted by atomic mass is 32.2. The van der Waals surface area contributed by atoms with Gasteiger partial charge in [-0.25, -0.2) is 9.59 Å². The minimum atomic E-state index is -1.91. The summed E-state index contributed by atoms with van der Waals surface area (Å²) in [7, 11) is -1.91. The number of hydrogen-bond acceptors (Lipinski definition) is 5. The van der Waals surface area contributed by atoms with E-state index in [1.807, 2.05) is 0 Å². The second-order valence-electron chi connectivity index (χ2n) is 6.46. The molecule has 4 aromatic carbocycles. The Morgan fingerprint density at radius 2 is 0.719 bits per heavy atom. The molecule has 0 unspecified atom stereocenters. The van der Waals surface area contributed by atoms with Crippen molar-refractivity contribution >= 4 is 52.8 Å². The van der Waals surface area contributed by atoms with Crippen molar-refractivity contribution in [1.82, 2.24) is 0 Å². The van der Waals surface area contributed by atoms with E-state index in [9.17, 15) is 9.59 Å². The Balaban J connectivity index is 0.000000360. The molecule has 0 aliphatic heterocycles. The highest BCUT2D eigenvalue weighted by molar-refractivity contribution is 8.01. The summed E-state index contributed by atoms with van der Waals surface area (Å²) in [5, 5.41) is 5.55. The predicted molar refractivity (Wildman–Crippen MR) is 135 cm³/mol. The van der Waals surface area contributed by atoms with Crippen LogP contribution in [0.4, 0.5) is 0 Å². The van der Waals surface area contributed by atoms with Gasteiger partial charge in [0.2, 0.25) is 12.2 Å². The molecule has 0 aliphatic rings. The summed E-state index contributed by atoms with van der Waals surface area (Å²) in [5.41, 5.74) is 0. The number of isocyanates is 2. The van der Waals surface area contributed by atoms with Gasteiger partial charge >= 0.3 is 0 Å². The fourth-order valence-corrected chi connectivity index (χ4v) is 7.93. The van der Waals surface area contributed by atoms with Crippen LogP contribution in [0.15, 0.2) is 130 Å². The summed E-state index contributed by atoms with van der Waals surface area (Å²) in [6.07, 6.45) is 2.34. The molecule has 32 heavy (non-hydrogen) atoms. The van der Waals surface area contributed by atoms with Crippen LogP contribution < -0.4 is 21.2 Å². The Labute approximate surface area is 192 Å².